The maximum atomic E-state index is 11.7. The molecule has 0 amide bonds. The average Bonchev–Trinajstić information content (AvgIpc) is 2.65. The monoisotopic (exact) mass is 291 g/mol. The number of hydrogen-bond donors (Lipinski definition) is 0. The Bertz CT molecular complexity index is 660. The van der Waals surface area contributed by atoms with E-state index >= 15 is 0 Å². The maximum Gasteiger partial charge on any atom is 0.365 e. The van der Waals surface area contributed by atoms with Crippen LogP contribution < -0.4 is 0 Å². The Morgan fingerprint density at radius 2 is 2.00 bits per heavy atom. The minimum atomic E-state index is -0.515. The Balaban J connectivity index is 2.06. The van der Waals surface area contributed by atoms with E-state index in [4.69, 9.17) is 16.4 Å². The second-order valence-corrected chi connectivity index (χ2v) is 4.75. The van der Waals surface area contributed by atoms with Crippen LogP contribution in [-0.2, 0) is 11.9 Å². The molecule has 0 aliphatic carbocycles. The van der Waals surface area contributed by atoms with E-state index in [0.29, 0.717) is 22.0 Å². The predicted molar refractivity (Wildman–Crippen MR) is 77.1 cm³/mol. The SMILES string of the molecule is Cc1ccc(C(=O)O/N=C/c2c(C)nn(C)c2Cl)cc1. The normalized spacial score (nSPS) is 11.0. The Kier molecular flexibility index (Phi) is 4.20. The third kappa shape index (κ3) is 3.05. The molecule has 0 bridgehead atoms. The van der Waals surface area contributed by atoms with Gasteiger partial charge < -0.3 is 4.84 Å². The minimum absolute atomic E-state index is 0.442. The van der Waals surface area contributed by atoms with Crippen LogP contribution in [-0.4, -0.2) is 22.0 Å². The largest absolute Gasteiger partial charge is 0.365 e. The number of halogens is 1. The molecule has 1 aromatic carbocycles. The summed E-state index contributed by atoms with van der Waals surface area (Å²) in [6, 6.07) is 7.05. The van der Waals surface area contributed by atoms with Crippen LogP contribution in [0.25, 0.3) is 0 Å². The van der Waals surface area contributed by atoms with Crippen LogP contribution in [0.2, 0.25) is 5.15 Å². The van der Waals surface area contributed by atoms with E-state index in [-0.39, 0.29) is 0 Å². The third-order valence-corrected chi connectivity index (χ3v) is 3.25. The molecule has 0 unspecified atom stereocenters. The summed E-state index contributed by atoms with van der Waals surface area (Å²) < 4.78 is 1.53. The lowest BCUT2D eigenvalue weighted by molar-refractivity contribution is 0.0519. The van der Waals surface area contributed by atoms with E-state index < -0.39 is 5.97 Å². The molecular weight excluding hydrogens is 278 g/mol. The van der Waals surface area contributed by atoms with E-state index in [1.54, 1.807) is 26.1 Å². The van der Waals surface area contributed by atoms with Crippen LogP contribution in [0, 0.1) is 13.8 Å². The molecule has 1 aromatic heterocycles. The molecule has 0 saturated heterocycles. The number of nitrogens with zero attached hydrogens (tertiary/aromatic N) is 3. The van der Waals surface area contributed by atoms with Crippen molar-refractivity contribution in [3.8, 4) is 0 Å². The first-order valence-corrected chi connectivity index (χ1v) is 6.37. The zero-order valence-electron chi connectivity index (χ0n) is 11.4. The van der Waals surface area contributed by atoms with E-state index in [1.165, 1.54) is 10.9 Å². The third-order valence-electron chi connectivity index (χ3n) is 2.80. The van der Waals surface area contributed by atoms with Gasteiger partial charge in [-0.1, -0.05) is 34.5 Å². The van der Waals surface area contributed by atoms with Gasteiger partial charge >= 0.3 is 5.97 Å². The molecule has 0 radical (unpaired) electrons. The van der Waals surface area contributed by atoms with E-state index in [1.807, 2.05) is 19.1 Å². The van der Waals surface area contributed by atoms with E-state index in [9.17, 15) is 4.79 Å². The van der Waals surface area contributed by atoms with Crippen molar-refractivity contribution >= 4 is 23.8 Å². The fourth-order valence-corrected chi connectivity index (χ4v) is 1.89. The van der Waals surface area contributed by atoms with Gasteiger partial charge in [-0.3, -0.25) is 4.68 Å². The molecule has 104 valence electrons. The Labute approximate surface area is 121 Å². The molecule has 0 N–H and O–H groups in total. The Hall–Kier alpha value is -2.14. The summed E-state index contributed by atoms with van der Waals surface area (Å²) in [5.41, 5.74) is 2.86. The summed E-state index contributed by atoms with van der Waals surface area (Å²) in [5, 5.41) is 8.23. The molecule has 2 aromatic rings. The summed E-state index contributed by atoms with van der Waals surface area (Å²) in [6.07, 6.45) is 1.39. The van der Waals surface area contributed by atoms with E-state index in [0.717, 1.165) is 5.56 Å². The van der Waals surface area contributed by atoms with Gasteiger partial charge in [0.2, 0.25) is 0 Å². The zero-order valence-corrected chi connectivity index (χ0v) is 12.2. The van der Waals surface area contributed by atoms with Crippen molar-refractivity contribution in [3.63, 3.8) is 0 Å². The number of hydrogen-bond acceptors (Lipinski definition) is 4. The van der Waals surface area contributed by atoms with Crippen molar-refractivity contribution in [1.29, 1.82) is 0 Å². The van der Waals surface area contributed by atoms with Crippen molar-refractivity contribution in [1.82, 2.24) is 9.78 Å². The quantitative estimate of drug-likeness (QED) is 0.496. The summed E-state index contributed by atoms with van der Waals surface area (Å²) in [7, 11) is 1.73. The van der Waals surface area contributed by atoms with Gasteiger partial charge in [0.15, 0.2) is 0 Å². The summed E-state index contributed by atoms with van der Waals surface area (Å²) in [5.74, 6) is -0.515. The first kappa shape index (κ1) is 14.3. The molecule has 6 heteroatoms. The number of benzene rings is 1. The lowest BCUT2D eigenvalue weighted by Crippen LogP contribution is -2.01. The van der Waals surface area contributed by atoms with Crippen LogP contribution in [0.4, 0.5) is 0 Å². The summed E-state index contributed by atoms with van der Waals surface area (Å²) in [4.78, 5) is 16.6. The van der Waals surface area contributed by atoms with Gasteiger partial charge in [-0.05, 0) is 26.0 Å². The highest BCUT2D eigenvalue weighted by Gasteiger charge is 2.10. The van der Waals surface area contributed by atoms with Crippen molar-refractivity contribution in [3.05, 3.63) is 51.8 Å². The Morgan fingerprint density at radius 3 is 2.55 bits per heavy atom. The molecule has 20 heavy (non-hydrogen) atoms. The van der Waals surface area contributed by atoms with Crippen molar-refractivity contribution in [2.24, 2.45) is 12.2 Å². The fraction of sp³-hybridized carbons (Fsp3) is 0.214. The van der Waals surface area contributed by atoms with Gasteiger partial charge in [0.1, 0.15) is 5.15 Å². The molecule has 0 spiro atoms. The maximum absolute atomic E-state index is 11.7. The summed E-state index contributed by atoms with van der Waals surface area (Å²) in [6.45, 7) is 3.75. The lowest BCUT2D eigenvalue weighted by atomic mass is 10.2. The van der Waals surface area contributed by atoms with Crippen LogP contribution in [0.15, 0.2) is 29.4 Å². The molecule has 0 aliphatic rings. The molecule has 0 fully saturated rings. The van der Waals surface area contributed by atoms with Crippen LogP contribution in [0.1, 0.15) is 27.2 Å². The van der Waals surface area contributed by atoms with Crippen molar-refractivity contribution < 1.29 is 9.63 Å². The number of aromatic nitrogens is 2. The smallest absolute Gasteiger partial charge is 0.313 e. The lowest BCUT2D eigenvalue weighted by Gasteiger charge is -1.98. The molecule has 0 aliphatic heterocycles. The highest BCUT2D eigenvalue weighted by molar-refractivity contribution is 6.32. The molecule has 2 rings (SSSR count). The van der Waals surface area contributed by atoms with Gasteiger partial charge in [0.05, 0.1) is 23.0 Å². The topological polar surface area (TPSA) is 56.5 Å². The number of aryl methyl sites for hydroxylation is 3. The van der Waals surface area contributed by atoms with E-state index in [2.05, 4.69) is 10.3 Å². The zero-order chi connectivity index (χ0) is 14.7. The van der Waals surface area contributed by atoms with Crippen molar-refractivity contribution in [2.45, 2.75) is 13.8 Å². The Morgan fingerprint density at radius 1 is 1.35 bits per heavy atom. The highest BCUT2D eigenvalue weighted by atomic mass is 35.5. The molecule has 0 atom stereocenters. The second kappa shape index (κ2) is 5.88. The number of carbonyl (C=O) groups excluding carboxylic acids is 1. The van der Waals surface area contributed by atoms with Gasteiger partial charge in [-0.2, -0.15) is 5.10 Å². The van der Waals surface area contributed by atoms with Crippen molar-refractivity contribution in [2.75, 3.05) is 0 Å². The number of oxime groups is 1. The molecule has 5 nitrogen and oxygen atoms in total. The second-order valence-electron chi connectivity index (χ2n) is 4.39. The van der Waals surface area contributed by atoms with Crippen LogP contribution in [0.5, 0.6) is 0 Å². The standard InChI is InChI=1S/C14H14ClN3O2/c1-9-4-6-11(7-5-9)14(19)20-16-8-12-10(2)17-18(3)13(12)15/h4-8H,1-3H3/b16-8+. The average molecular weight is 292 g/mol. The van der Waals surface area contributed by atoms with Crippen LogP contribution >= 0.6 is 11.6 Å². The first-order valence-electron chi connectivity index (χ1n) is 5.99. The number of rotatable bonds is 3. The molecular formula is C14H14ClN3O2. The first-order chi connectivity index (χ1) is 9.49. The minimum Gasteiger partial charge on any atom is -0.313 e. The number of carbonyl (C=O) groups is 1. The van der Waals surface area contributed by atoms with Gasteiger partial charge in [0, 0.05) is 7.05 Å². The molecule has 1 heterocycles. The van der Waals surface area contributed by atoms with Gasteiger partial charge in [0.25, 0.3) is 0 Å². The molecule has 0 saturated carbocycles. The predicted octanol–water partition coefficient (Wildman–Crippen LogP) is 2.88. The summed E-state index contributed by atoms with van der Waals surface area (Å²) >= 11 is 6.03. The van der Waals surface area contributed by atoms with Gasteiger partial charge in [-0.25, -0.2) is 4.79 Å². The fourth-order valence-electron chi connectivity index (χ4n) is 1.66. The van der Waals surface area contributed by atoms with Gasteiger partial charge in [-0.15, -0.1) is 0 Å². The van der Waals surface area contributed by atoms with Crippen LogP contribution in [0.3, 0.4) is 0 Å². The highest BCUT2D eigenvalue weighted by Crippen LogP contribution is 2.16.